The molecule has 0 radical (unpaired) electrons. The molecule has 1 unspecified atom stereocenters. The van der Waals surface area contributed by atoms with E-state index in [0.29, 0.717) is 18.9 Å². The van der Waals surface area contributed by atoms with E-state index in [9.17, 15) is 28.8 Å². The van der Waals surface area contributed by atoms with Gasteiger partial charge < -0.3 is 20.4 Å². The van der Waals surface area contributed by atoms with E-state index in [1.807, 2.05) is 0 Å². The minimum Gasteiger partial charge on any atom is -0.399 e. The molecule has 0 saturated carbocycles. The van der Waals surface area contributed by atoms with Crippen LogP contribution >= 0.6 is 0 Å². The summed E-state index contributed by atoms with van der Waals surface area (Å²) < 4.78 is 26.9. The van der Waals surface area contributed by atoms with Crippen LogP contribution in [0.1, 0.15) is 19.8 Å². The molecule has 0 aromatic heterocycles. The highest BCUT2D eigenvalue weighted by Gasteiger charge is 2.32. The summed E-state index contributed by atoms with van der Waals surface area (Å²) in [5.74, 6) is 0. The molecule has 7 nitrogen and oxygen atoms in total. The van der Waals surface area contributed by atoms with Crippen molar-refractivity contribution in [2.45, 2.75) is 36.8 Å². The Bertz CT molecular complexity index is 586. The summed E-state index contributed by atoms with van der Waals surface area (Å²) in [6.45, 7) is 1.92. The molecule has 1 rings (SSSR count). The average Bonchev–Trinajstić information content (AvgIpc) is 2.65. The summed E-state index contributed by atoms with van der Waals surface area (Å²) in [6.07, 6.45) is -0.677. The molecule has 0 amide bonds. The topological polar surface area (TPSA) is 118 Å². The van der Waals surface area contributed by atoms with E-state index < -0.39 is 24.2 Å². The van der Waals surface area contributed by atoms with E-state index in [1.165, 1.54) is 16.4 Å². The van der Waals surface area contributed by atoms with E-state index >= 15 is 0 Å². The van der Waals surface area contributed by atoms with Crippen molar-refractivity contribution in [3.8, 4) is 0 Å². The van der Waals surface area contributed by atoms with E-state index in [2.05, 4.69) is 0 Å². The summed E-state index contributed by atoms with van der Waals surface area (Å²) in [7, 11) is -6.33. The fraction of sp³-hybridized carbons (Fsp3) is 0.625. The van der Waals surface area contributed by atoms with Crippen LogP contribution in [-0.2, 0) is 10.0 Å². The third kappa shape index (κ3) is 6.14. The molecule has 0 aliphatic carbocycles. The zero-order chi connectivity index (χ0) is 18.9. The predicted molar refractivity (Wildman–Crippen MR) is 97.9 cm³/mol. The summed E-state index contributed by atoms with van der Waals surface area (Å²) in [6, 6.07) is 8.43. The zero-order valence-electron chi connectivity index (χ0n) is 14.6. The molecule has 0 aliphatic heterocycles. The third-order valence-corrected chi connectivity index (χ3v) is 9.69. The van der Waals surface area contributed by atoms with Crippen molar-refractivity contribution in [2.75, 3.05) is 31.8 Å². The molecule has 1 atom stereocenters. The monoisotopic (exact) mass is 391 g/mol. The standard InChI is InChI=1S/C16H29NO6SSi/c1-2-15(21)11-17(9-6-10-25(12-18,13-19)14-20)24(22,23)16-7-4-3-5-8-16/h3-5,7-8,15,18-21H,2,6,9-14H2,1H3. The van der Waals surface area contributed by atoms with Crippen LogP contribution in [0.25, 0.3) is 0 Å². The van der Waals surface area contributed by atoms with Crippen molar-refractivity contribution in [1.29, 1.82) is 0 Å². The second-order valence-corrected chi connectivity index (χ2v) is 12.7. The second-order valence-electron chi connectivity index (χ2n) is 6.32. The SMILES string of the molecule is CCC(O)CN(CCC[Si](CO)(CO)CO)S(=O)(=O)c1ccccc1. The number of hydrogen-bond donors (Lipinski definition) is 4. The fourth-order valence-corrected chi connectivity index (χ4v) is 5.65. The zero-order valence-corrected chi connectivity index (χ0v) is 16.4. The first-order chi connectivity index (χ1) is 11.8. The first-order valence-electron chi connectivity index (χ1n) is 8.41. The smallest absolute Gasteiger partial charge is 0.243 e. The van der Waals surface area contributed by atoms with E-state index in [-0.39, 0.29) is 36.7 Å². The molecule has 0 heterocycles. The summed E-state index contributed by atoms with van der Waals surface area (Å²) in [5.41, 5.74) is 0. The lowest BCUT2D eigenvalue weighted by Gasteiger charge is -2.28. The van der Waals surface area contributed by atoms with Crippen molar-refractivity contribution >= 4 is 18.1 Å². The van der Waals surface area contributed by atoms with Gasteiger partial charge in [-0.15, -0.1) is 0 Å². The van der Waals surface area contributed by atoms with Crippen LogP contribution in [0.2, 0.25) is 6.04 Å². The van der Waals surface area contributed by atoms with Gasteiger partial charge in [0.25, 0.3) is 0 Å². The molecule has 25 heavy (non-hydrogen) atoms. The maximum atomic E-state index is 12.8. The normalized spacial score (nSPS) is 14.0. The highest BCUT2D eigenvalue weighted by Crippen LogP contribution is 2.19. The van der Waals surface area contributed by atoms with Crippen molar-refractivity contribution in [1.82, 2.24) is 4.31 Å². The minimum atomic E-state index is -3.74. The molecule has 1 aromatic carbocycles. The van der Waals surface area contributed by atoms with E-state index in [0.717, 1.165) is 0 Å². The van der Waals surface area contributed by atoms with Gasteiger partial charge in [-0.25, -0.2) is 8.42 Å². The van der Waals surface area contributed by atoms with Gasteiger partial charge in [0, 0.05) is 31.8 Å². The highest BCUT2D eigenvalue weighted by molar-refractivity contribution is 7.89. The largest absolute Gasteiger partial charge is 0.399 e. The number of rotatable bonds is 12. The van der Waals surface area contributed by atoms with Gasteiger partial charge in [0.1, 0.15) is 8.07 Å². The Kier molecular flexibility index (Phi) is 9.21. The Morgan fingerprint density at radius 3 is 2.12 bits per heavy atom. The van der Waals surface area contributed by atoms with Gasteiger partial charge in [0.15, 0.2) is 0 Å². The van der Waals surface area contributed by atoms with Crippen LogP contribution in [0, 0.1) is 0 Å². The lowest BCUT2D eigenvalue weighted by molar-refractivity contribution is 0.141. The molecule has 4 N–H and O–H groups in total. The maximum absolute atomic E-state index is 12.8. The molecule has 144 valence electrons. The first-order valence-corrected chi connectivity index (χ1v) is 12.7. The van der Waals surface area contributed by atoms with Crippen LogP contribution in [0.3, 0.4) is 0 Å². The molecular weight excluding hydrogens is 362 g/mol. The average molecular weight is 392 g/mol. The summed E-state index contributed by atoms with van der Waals surface area (Å²) in [4.78, 5) is 0.160. The Morgan fingerprint density at radius 2 is 1.64 bits per heavy atom. The number of aliphatic hydroxyl groups is 4. The Hall–Kier alpha value is -0.813. The molecule has 0 aliphatic rings. The highest BCUT2D eigenvalue weighted by atomic mass is 32.2. The first kappa shape index (κ1) is 22.2. The van der Waals surface area contributed by atoms with E-state index in [1.54, 1.807) is 25.1 Å². The van der Waals surface area contributed by atoms with Gasteiger partial charge in [-0.05, 0) is 25.0 Å². The molecule has 1 aromatic rings. The molecule has 9 heteroatoms. The molecular formula is C16H29NO6SSi. The summed E-state index contributed by atoms with van der Waals surface area (Å²) in [5, 5.41) is 38.2. The van der Waals surface area contributed by atoms with Crippen molar-refractivity contribution < 1.29 is 28.8 Å². The van der Waals surface area contributed by atoms with Crippen LogP contribution < -0.4 is 0 Å². The van der Waals surface area contributed by atoms with Crippen molar-refractivity contribution in [3.63, 3.8) is 0 Å². The van der Waals surface area contributed by atoms with Crippen molar-refractivity contribution in [2.24, 2.45) is 0 Å². The van der Waals surface area contributed by atoms with Crippen molar-refractivity contribution in [3.05, 3.63) is 30.3 Å². The molecule has 0 spiro atoms. The lowest BCUT2D eigenvalue weighted by atomic mass is 10.3. The number of aliphatic hydroxyl groups excluding tert-OH is 4. The quantitative estimate of drug-likeness (QED) is 0.369. The van der Waals surface area contributed by atoms with Gasteiger partial charge in [-0.1, -0.05) is 31.2 Å². The van der Waals surface area contributed by atoms with Gasteiger partial charge in [0.05, 0.1) is 11.0 Å². The van der Waals surface area contributed by atoms with Gasteiger partial charge in [-0.2, -0.15) is 4.31 Å². The lowest BCUT2D eigenvalue weighted by Crippen LogP contribution is -2.49. The van der Waals surface area contributed by atoms with Gasteiger partial charge >= 0.3 is 0 Å². The Balaban J connectivity index is 2.91. The van der Waals surface area contributed by atoms with Crippen LogP contribution in [0.15, 0.2) is 35.2 Å². The molecule has 0 fully saturated rings. The van der Waals surface area contributed by atoms with Gasteiger partial charge in [0.2, 0.25) is 10.0 Å². The maximum Gasteiger partial charge on any atom is 0.243 e. The van der Waals surface area contributed by atoms with Crippen LogP contribution in [0.4, 0.5) is 0 Å². The van der Waals surface area contributed by atoms with E-state index in [4.69, 9.17) is 0 Å². The second kappa shape index (κ2) is 10.4. The number of sulfonamides is 1. The van der Waals surface area contributed by atoms with Crippen LogP contribution in [-0.4, -0.2) is 79.1 Å². The summed E-state index contributed by atoms with van der Waals surface area (Å²) >= 11 is 0. The Labute approximate surface area is 150 Å². The predicted octanol–water partition coefficient (Wildman–Crippen LogP) is -0.118. The number of benzene rings is 1. The Morgan fingerprint density at radius 1 is 1.08 bits per heavy atom. The number of nitrogens with zero attached hydrogens (tertiary/aromatic N) is 1. The number of hydrogen-bond acceptors (Lipinski definition) is 6. The third-order valence-electron chi connectivity index (χ3n) is 4.39. The van der Waals surface area contributed by atoms with Crippen LogP contribution in [0.5, 0.6) is 0 Å². The minimum absolute atomic E-state index is 0.0142. The molecule has 0 bridgehead atoms. The molecule has 0 saturated heterocycles. The van der Waals surface area contributed by atoms with Gasteiger partial charge in [-0.3, -0.25) is 0 Å². The fourth-order valence-electron chi connectivity index (χ4n) is 2.43.